The van der Waals surface area contributed by atoms with Crippen molar-refractivity contribution >= 4 is 57.6 Å². The number of aromatic nitrogens is 2. The minimum absolute atomic E-state index is 0.0759. The topological polar surface area (TPSA) is 76.0 Å². The zero-order chi connectivity index (χ0) is 21.4. The molecular weight excluding hydrogens is 432 g/mol. The number of hydrogen-bond acceptors (Lipinski definition) is 4. The Balaban J connectivity index is 1.26. The number of anilines is 2. The second kappa shape index (κ2) is 8.09. The summed E-state index contributed by atoms with van der Waals surface area (Å²) in [5, 5.41) is 5.76. The molecule has 0 spiro atoms. The van der Waals surface area contributed by atoms with Gasteiger partial charge >= 0.3 is 0 Å². The predicted molar refractivity (Wildman–Crippen MR) is 124 cm³/mol. The Morgan fingerprint density at radius 1 is 1.13 bits per heavy atom. The Hall–Kier alpha value is -3.29. The summed E-state index contributed by atoms with van der Waals surface area (Å²) in [5.41, 5.74) is 4.24. The molecular formula is C23H17ClN4O2S. The van der Waals surface area contributed by atoms with Gasteiger partial charge in [0.2, 0.25) is 11.8 Å². The van der Waals surface area contributed by atoms with E-state index in [0.29, 0.717) is 16.4 Å². The van der Waals surface area contributed by atoms with E-state index in [1.165, 1.54) is 11.8 Å². The lowest BCUT2D eigenvalue weighted by Crippen LogP contribution is -2.32. The molecule has 1 aromatic heterocycles. The van der Waals surface area contributed by atoms with Crippen LogP contribution in [-0.2, 0) is 9.59 Å². The maximum atomic E-state index is 12.5. The van der Waals surface area contributed by atoms with Crippen LogP contribution in [0.5, 0.6) is 0 Å². The van der Waals surface area contributed by atoms with Crippen molar-refractivity contribution in [2.75, 3.05) is 10.6 Å². The lowest BCUT2D eigenvalue weighted by Gasteiger charge is -2.23. The summed E-state index contributed by atoms with van der Waals surface area (Å²) in [5.74, 6) is -0.414. The zero-order valence-corrected chi connectivity index (χ0v) is 17.8. The van der Waals surface area contributed by atoms with Gasteiger partial charge in [-0.25, -0.2) is 4.98 Å². The quantitative estimate of drug-likeness (QED) is 0.454. The van der Waals surface area contributed by atoms with Crippen molar-refractivity contribution in [2.24, 2.45) is 0 Å². The van der Waals surface area contributed by atoms with Crippen molar-refractivity contribution in [3.63, 3.8) is 0 Å². The molecule has 2 amide bonds. The Kier molecular flexibility index (Phi) is 5.13. The van der Waals surface area contributed by atoms with E-state index in [1.807, 2.05) is 59.2 Å². The molecule has 1 atom stereocenters. The number of nitrogens with zero attached hydrogens (tertiary/aromatic N) is 2. The molecule has 0 unspecified atom stereocenters. The van der Waals surface area contributed by atoms with E-state index >= 15 is 0 Å². The van der Waals surface area contributed by atoms with Crippen LogP contribution in [0, 0.1) is 0 Å². The summed E-state index contributed by atoms with van der Waals surface area (Å²) in [4.78, 5) is 30.2. The SMILES string of the molecule is O=C(C[C@H]1Sc2ccc(Cl)cc2NC1=O)Nc1ccc(-n2cnc3ccccc32)cc1. The number of imidazole rings is 1. The third kappa shape index (κ3) is 4.02. The summed E-state index contributed by atoms with van der Waals surface area (Å²) in [6.45, 7) is 0. The lowest BCUT2D eigenvalue weighted by molar-refractivity contribution is -0.120. The van der Waals surface area contributed by atoms with Crippen LogP contribution >= 0.6 is 23.4 Å². The number of benzene rings is 3. The van der Waals surface area contributed by atoms with Crippen molar-refractivity contribution < 1.29 is 9.59 Å². The number of amides is 2. The van der Waals surface area contributed by atoms with Crippen LogP contribution in [0.1, 0.15) is 6.42 Å². The number of fused-ring (bicyclic) bond motifs is 2. The fourth-order valence-corrected chi connectivity index (χ4v) is 4.77. The molecule has 4 aromatic rings. The van der Waals surface area contributed by atoms with Gasteiger partial charge in [0, 0.05) is 27.7 Å². The number of para-hydroxylation sites is 2. The van der Waals surface area contributed by atoms with Gasteiger partial charge in [-0.1, -0.05) is 23.7 Å². The van der Waals surface area contributed by atoms with Crippen LogP contribution in [-0.4, -0.2) is 26.6 Å². The monoisotopic (exact) mass is 448 g/mol. The number of hydrogen-bond donors (Lipinski definition) is 2. The summed E-state index contributed by atoms with van der Waals surface area (Å²) in [7, 11) is 0. The minimum Gasteiger partial charge on any atom is -0.326 e. The molecule has 0 bridgehead atoms. The summed E-state index contributed by atoms with van der Waals surface area (Å²) >= 11 is 7.35. The van der Waals surface area contributed by atoms with Gasteiger partial charge in [-0.3, -0.25) is 14.2 Å². The van der Waals surface area contributed by atoms with Crippen molar-refractivity contribution in [3.8, 4) is 5.69 Å². The lowest BCUT2D eigenvalue weighted by atomic mass is 10.2. The standard InChI is InChI=1S/C23H17ClN4O2S/c24-14-5-10-20-18(11-14)27-23(30)21(31-20)12-22(29)26-15-6-8-16(9-7-15)28-13-25-17-3-1-2-4-19(17)28/h1-11,13,21H,12H2,(H,26,29)(H,27,30)/t21-/m1/s1. The third-order valence-corrected chi connectivity index (χ3v) is 6.53. The Labute approximate surface area is 187 Å². The number of thioether (sulfide) groups is 1. The summed E-state index contributed by atoms with van der Waals surface area (Å²) in [6, 6.07) is 20.8. The molecule has 0 fully saturated rings. The molecule has 0 radical (unpaired) electrons. The Morgan fingerprint density at radius 2 is 1.94 bits per heavy atom. The van der Waals surface area contributed by atoms with Crippen molar-refractivity contribution in [2.45, 2.75) is 16.6 Å². The molecule has 154 valence electrons. The van der Waals surface area contributed by atoms with Gasteiger partial charge in [0.25, 0.3) is 0 Å². The van der Waals surface area contributed by atoms with Crippen molar-refractivity contribution in [1.29, 1.82) is 0 Å². The second-order valence-electron chi connectivity index (χ2n) is 7.14. The maximum Gasteiger partial charge on any atom is 0.238 e. The highest BCUT2D eigenvalue weighted by molar-refractivity contribution is 8.01. The molecule has 0 saturated heterocycles. The number of halogens is 1. The van der Waals surface area contributed by atoms with Gasteiger partial charge in [0.15, 0.2) is 0 Å². The van der Waals surface area contributed by atoms with Crippen LogP contribution in [0.15, 0.2) is 78.0 Å². The summed E-state index contributed by atoms with van der Waals surface area (Å²) < 4.78 is 1.99. The van der Waals surface area contributed by atoms with Gasteiger partial charge in [-0.05, 0) is 54.6 Å². The summed E-state index contributed by atoms with van der Waals surface area (Å²) in [6.07, 6.45) is 1.86. The molecule has 3 aromatic carbocycles. The third-order valence-electron chi connectivity index (χ3n) is 5.01. The van der Waals surface area contributed by atoms with Gasteiger partial charge in [-0.15, -0.1) is 11.8 Å². The molecule has 1 aliphatic rings. The van der Waals surface area contributed by atoms with Crippen molar-refractivity contribution in [3.05, 3.63) is 78.1 Å². The highest BCUT2D eigenvalue weighted by Gasteiger charge is 2.29. The van der Waals surface area contributed by atoms with E-state index in [1.54, 1.807) is 18.5 Å². The Bertz CT molecular complexity index is 1300. The number of carbonyl (C=O) groups excluding carboxylic acids is 2. The minimum atomic E-state index is -0.495. The van der Waals surface area contributed by atoms with E-state index in [4.69, 9.17) is 11.6 Å². The van der Waals surface area contributed by atoms with Crippen molar-refractivity contribution in [1.82, 2.24) is 9.55 Å². The first-order valence-electron chi connectivity index (χ1n) is 9.66. The van der Waals surface area contributed by atoms with E-state index in [-0.39, 0.29) is 18.2 Å². The molecule has 0 saturated carbocycles. The van der Waals surface area contributed by atoms with E-state index in [9.17, 15) is 9.59 Å². The van der Waals surface area contributed by atoms with Gasteiger partial charge < -0.3 is 10.6 Å². The normalized spacial score (nSPS) is 15.4. The largest absolute Gasteiger partial charge is 0.326 e. The molecule has 1 aliphatic heterocycles. The first-order valence-corrected chi connectivity index (χ1v) is 10.9. The molecule has 31 heavy (non-hydrogen) atoms. The maximum absolute atomic E-state index is 12.5. The highest BCUT2D eigenvalue weighted by Crippen LogP contribution is 2.38. The average molecular weight is 449 g/mol. The van der Waals surface area contributed by atoms with E-state index < -0.39 is 5.25 Å². The van der Waals surface area contributed by atoms with Crippen LogP contribution in [0.4, 0.5) is 11.4 Å². The molecule has 8 heteroatoms. The zero-order valence-electron chi connectivity index (χ0n) is 16.2. The number of rotatable bonds is 4. The first kappa shape index (κ1) is 19.7. The number of carbonyl (C=O) groups is 2. The van der Waals surface area contributed by atoms with Crippen LogP contribution < -0.4 is 10.6 Å². The predicted octanol–water partition coefficient (Wildman–Crippen LogP) is 5.12. The molecule has 2 N–H and O–H groups in total. The fraction of sp³-hybridized carbons (Fsp3) is 0.0870. The average Bonchev–Trinajstić information content (AvgIpc) is 3.19. The smallest absolute Gasteiger partial charge is 0.238 e. The highest BCUT2D eigenvalue weighted by atomic mass is 35.5. The van der Waals surface area contributed by atoms with Crippen LogP contribution in [0.3, 0.4) is 0 Å². The van der Waals surface area contributed by atoms with E-state index in [2.05, 4.69) is 15.6 Å². The van der Waals surface area contributed by atoms with E-state index in [0.717, 1.165) is 21.6 Å². The van der Waals surface area contributed by atoms with Crippen LogP contribution in [0.2, 0.25) is 5.02 Å². The first-order chi connectivity index (χ1) is 15.1. The number of nitrogens with one attached hydrogen (secondary N) is 2. The van der Waals surface area contributed by atoms with Gasteiger partial charge in [0.1, 0.15) is 6.33 Å². The van der Waals surface area contributed by atoms with Crippen LogP contribution in [0.25, 0.3) is 16.7 Å². The molecule has 6 nitrogen and oxygen atoms in total. The van der Waals surface area contributed by atoms with Gasteiger partial charge in [-0.2, -0.15) is 0 Å². The molecule has 5 rings (SSSR count). The molecule has 2 heterocycles. The second-order valence-corrected chi connectivity index (χ2v) is 8.82. The fourth-order valence-electron chi connectivity index (χ4n) is 3.51. The molecule has 0 aliphatic carbocycles. The van der Waals surface area contributed by atoms with Gasteiger partial charge in [0.05, 0.1) is 22.0 Å². The Morgan fingerprint density at radius 3 is 2.77 bits per heavy atom.